The summed E-state index contributed by atoms with van der Waals surface area (Å²) in [5.74, 6) is -0.759. The summed E-state index contributed by atoms with van der Waals surface area (Å²) in [5.41, 5.74) is 2.80. The number of carbonyl (C=O) groups excluding carboxylic acids is 4. The van der Waals surface area contributed by atoms with Gasteiger partial charge < -0.3 is 10.6 Å². The van der Waals surface area contributed by atoms with Crippen molar-refractivity contribution in [3.05, 3.63) is 127 Å². The van der Waals surface area contributed by atoms with Crippen LogP contribution in [0.3, 0.4) is 0 Å². The van der Waals surface area contributed by atoms with Crippen molar-refractivity contribution >= 4 is 77.8 Å². The molecular weight excluding hydrogens is 636 g/mol. The van der Waals surface area contributed by atoms with Crippen LogP contribution in [0.1, 0.15) is 52.6 Å². The SMILES string of the molecule is O=Cc1cc2c(Br)c3cc(C(=O)NCc4ccccc4)c(C=O)cc3c(Br)c2cc1C(=O)NCc1ccccc1. The Balaban J connectivity index is 1.56. The predicted octanol–water partition coefficient (Wildman–Crippen LogP) is 7.00. The molecule has 0 aliphatic heterocycles. The van der Waals surface area contributed by atoms with Crippen LogP contribution < -0.4 is 10.6 Å². The Morgan fingerprint density at radius 3 is 1.27 bits per heavy atom. The first-order valence-corrected chi connectivity index (χ1v) is 14.0. The first-order chi connectivity index (χ1) is 19.4. The molecule has 40 heavy (non-hydrogen) atoms. The molecule has 0 saturated carbocycles. The van der Waals surface area contributed by atoms with Gasteiger partial charge in [-0.05, 0) is 88.8 Å². The molecule has 5 rings (SSSR count). The van der Waals surface area contributed by atoms with Gasteiger partial charge in [0.05, 0.1) is 11.1 Å². The van der Waals surface area contributed by atoms with Crippen LogP contribution in [0, 0.1) is 0 Å². The van der Waals surface area contributed by atoms with Crippen LogP contribution >= 0.6 is 31.9 Å². The lowest BCUT2D eigenvalue weighted by Gasteiger charge is -2.15. The molecule has 0 fully saturated rings. The average molecular weight is 658 g/mol. The summed E-state index contributed by atoms with van der Waals surface area (Å²) in [6.07, 6.45) is 1.30. The van der Waals surface area contributed by atoms with Gasteiger partial charge >= 0.3 is 0 Å². The van der Waals surface area contributed by atoms with Crippen LogP contribution in [0.4, 0.5) is 0 Å². The quantitative estimate of drug-likeness (QED) is 0.139. The van der Waals surface area contributed by atoms with E-state index in [9.17, 15) is 19.2 Å². The van der Waals surface area contributed by atoms with E-state index >= 15 is 0 Å². The van der Waals surface area contributed by atoms with Gasteiger partial charge in [0.15, 0.2) is 12.6 Å². The lowest BCUT2D eigenvalue weighted by atomic mass is 9.95. The lowest BCUT2D eigenvalue weighted by Crippen LogP contribution is -2.24. The number of nitrogens with one attached hydrogen (secondary N) is 2. The number of fused-ring (bicyclic) bond motifs is 2. The molecule has 0 saturated heterocycles. The molecule has 2 amide bonds. The van der Waals surface area contributed by atoms with Gasteiger partial charge in [0.25, 0.3) is 11.8 Å². The third-order valence-corrected chi connectivity index (χ3v) is 8.37. The number of amides is 2. The van der Waals surface area contributed by atoms with Gasteiger partial charge in [-0.1, -0.05) is 60.7 Å². The van der Waals surface area contributed by atoms with Crippen molar-refractivity contribution in [1.82, 2.24) is 10.6 Å². The van der Waals surface area contributed by atoms with Crippen LogP contribution in [-0.4, -0.2) is 24.4 Å². The Hall–Kier alpha value is -4.14. The molecule has 0 unspecified atom stereocenters. The summed E-state index contributed by atoms with van der Waals surface area (Å²) < 4.78 is 1.27. The van der Waals surface area contributed by atoms with E-state index in [0.29, 0.717) is 56.2 Å². The molecule has 5 aromatic carbocycles. The number of aldehydes is 2. The van der Waals surface area contributed by atoms with Crippen LogP contribution in [0.25, 0.3) is 21.5 Å². The summed E-state index contributed by atoms with van der Waals surface area (Å²) in [4.78, 5) is 50.2. The smallest absolute Gasteiger partial charge is 0.252 e. The highest BCUT2D eigenvalue weighted by Gasteiger charge is 2.20. The molecule has 0 aliphatic carbocycles. The summed E-state index contributed by atoms with van der Waals surface area (Å²) in [6.45, 7) is 0.632. The number of halogens is 2. The molecule has 2 N–H and O–H groups in total. The predicted molar refractivity (Wildman–Crippen MR) is 163 cm³/mol. The normalized spacial score (nSPS) is 10.8. The molecule has 0 atom stereocenters. The van der Waals surface area contributed by atoms with E-state index in [4.69, 9.17) is 0 Å². The Kier molecular flexibility index (Phi) is 8.19. The van der Waals surface area contributed by atoms with Crippen LogP contribution in [0.2, 0.25) is 0 Å². The van der Waals surface area contributed by atoms with Crippen molar-refractivity contribution < 1.29 is 19.2 Å². The van der Waals surface area contributed by atoms with Crippen molar-refractivity contribution in [2.24, 2.45) is 0 Å². The minimum absolute atomic E-state index is 0.232. The summed E-state index contributed by atoms with van der Waals surface area (Å²) in [5, 5.41) is 8.45. The molecule has 0 bridgehead atoms. The van der Waals surface area contributed by atoms with Gasteiger partial charge in [-0.25, -0.2) is 0 Å². The molecule has 0 spiro atoms. The van der Waals surface area contributed by atoms with Gasteiger partial charge in [0, 0.05) is 33.2 Å². The van der Waals surface area contributed by atoms with E-state index in [1.807, 2.05) is 60.7 Å². The molecule has 0 heterocycles. The first-order valence-electron chi connectivity index (χ1n) is 12.4. The largest absolute Gasteiger partial charge is 0.348 e. The highest BCUT2D eigenvalue weighted by molar-refractivity contribution is 9.11. The molecule has 8 heteroatoms. The van der Waals surface area contributed by atoms with Gasteiger partial charge in [-0.3, -0.25) is 19.2 Å². The summed E-state index contributed by atoms with van der Waals surface area (Å²) >= 11 is 7.30. The van der Waals surface area contributed by atoms with E-state index in [-0.39, 0.29) is 34.1 Å². The number of benzene rings is 5. The van der Waals surface area contributed by atoms with Crippen molar-refractivity contribution in [3.63, 3.8) is 0 Å². The Labute approximate surface area is 247 Å². The standard InChI is InChI=1S/C32H22Br2N2O4/c33-29-26-12-22(18-38)24(32(40)36-16-20-9-5-2-6-10-20)14-28(26)30(34)25-11-21(17-37)23(13-27(25)29)31(39)35-15-19-7-3-1-4-8-19/h1-14,17-18H,15-16H2,(H,35,39)(H,36,40). The first kappa shape index (κ1) is 27.4. The Morgan fingerprint density at radius 2 is 0.925 bits per heavy atom. The van der Waals surface area contributed by atoms with E-state index in [2.05, 4.69) is 42.5 Å². The fourth-order valence-corrected chi connectivity index (χ4v) is 5.90. The molecular formula is C32H22Br2N2O4. The van der Waals surface area contributed by atoms with Gasteiger partial charge in [-0.15, -0.1) is 0 Å². The van der Waals surface area contributed by atoms with Crippen molar-refractivity contribution in [2.75, 3.05) is 0 Å². The van der Waals surface area contributed by atoms with Crippen molar-refractivity contribution in [2.45, 2.75) is 13.1 Å². The van der Waals surface area contributed by atoms with Gasteiger partial charge in [0.2, 0.25) is 0 Å². The number of carbonyl (C=O) groups is 4. The zero-order valence-electron chi connectivity index (χ0n) is 21.0. The highest BCUT2D eigenvalue weighted by Crippen LogP contribution is 2.41. The fraction of sp³-hybridized carbons (Fsp3) is 0.0625. The maximum atomic E-state index is 13.1. The number of hydrogen-bond donors (Lipinski definition) is 2. The molecule has 0 radical (unpaired) electrons. The maximum absolute atomic E-state index is 13.1. The number of rotatable bonds is 8. The minimum Gasteiger partial charge on any atom is -0.348 e. The second-order valence-corrected chi connectivity index (χ2v) is 10.8. The van der Waals surface area contributed by atoms with Crippen LogP contribution in [0.5, 0.6) is 0 Å². The average Bonchev–Trinajstić information content (AvgIpc) is 3.01. The van der Waals surface area contributed by atoms with Gasteiger partial charge in [-0.2, -0.15) is 0 Å². The van der Waals surface area contributed by atoms with E-state index < -0.39 is 0 Å². The molecule has 0 aliphatic rings. The molecule has 198 valence electrons. The van der Waals surface area contributed by atoms with E-state index in [0.717, 1.165) is 11.1 Å². The third-order valence-electron chi connectivity index (χ3n) is 6.66. The molecule has 6 nitrogen and oxygen atoms in total. The van der Waals surface area contributed by atoms with Crippen LogP contribution in [-0.2, 0) is 13.1 Å². The Bertz CT molecular complexity index is 1660. The van der Waals surface area contributed by atoms with Crippen molar-refractivity contribution in [3.8, 4) is 0 Å². The molecule has 5 aromatic rings. The van der Waals surface area contributed by atoms with Gasteiger partial charge in [0.1, 0.15) is 0 Å². The topological polar surface area (TPSA) is 92.3 Å². The number of hydrogen-bond acceptors (Lipinski definition) is 4. The monoisotopic (exact) mass is 656 g/mol. The summed E-state index contributed by atoms with van der Waals surface area (Å²) in [6, 6.07) is 25.6. The Morgan fingerprint density at radius 1 is 0.575 bits per heavy atom. The second kappa shape index (κ2) is 11.9. The van der Waals surface area contributed by atoms with E-state index in [1.54, 1.807) is 24.3 Å². The van der Waals surface area contributed by atoms with Crippen molar-refractivity contribution in [1.29, 1.82) is 0 Å². The minimum atomic E-state index is -0.380. The lowest BCUT2D eigenvalue weighted by molar-refractivity contribution is 0.0940. The fourth-order valence-electron chi connectivity index (χ4n) is 4.58. The third kappa shape index (κ3) is 5.46. The summed E-state index contributed by atoms with van der Waals surface area (Å²) in [7, 11) is 0. The zero-order valence-corrected chi connectivity index (χ0v) is 24.2. The molecule has 0 aromatic heterocycles. The highest BCUT2D eigenvalue weighted by atomic mass is 79.9. The zero-order chi connectivity index (χ0) is 28.2. The van der Waals surface area contributed by atoms with E-state index in [1.165, 1.54) is 0 Å². The maximum Gasteiger partial charge on any atom is 0.252 e. The van der Waals surface area contributed by atoms with Crippen LogP contribution in [0.15, 0.2) is 93.9 Å². The second-order valence-electron chi connectivity index (χ2n) is 9.17.